The zero-order valence-corrected chi connectivity index (χ0v) is 10.2. The Kier molecular flexibility index (Phi) is 2.82. The van der Waals surface area contributed by atoms with Crippen LogP contribution in [0.2, 0.25) is 0 Å². The lowest BCUT2D eigenvalue weighted by Gasteiger charge is -2.07. The van der Waals surface area contributed by atoms with Crippen LogP contribution in [0.5, 0.6) is 0 Å². The van der Waals surface area contributed by atoms with Gasteiger partial charge in [-0.15, -0.1) is 0 Å². The van der Waals surface area contributed by atoms with Crippen LogP contribution in [-0.4, -0.2) is 26.7 Å². The van der Waals surface area contributed by atoms with Gasteiger partial charge >= 0.3 is 5.97 Å². The van der Waals surface area contributed by atoms with Crippen LogP contribution in [0.1, 0.15) is 23.2 Å². The molecule has 0 spiro atoms. The van der Waals surface area contributed by atoms with Gasteiger partial charge in [-0.25, -0.2) is 13.2 Å². The Bertz CT molecular complexity index is 561. The third kappa shape index (κ3) is 2.12. The van der Waals surface area contributed by atoms with E-state index in [4.69, 9.17) is 5.73 Å². The van der Waals surface area contributed by atoms with Crippen molar-refractivity contribution in [2.24, 2.45) is 0 Å². The van der Waals surface area contributed by atoms with Crippen molar-refractivity contribution in [1.82, 2.24) is 0 Å². The second kappa shape index (κ2) is 4.03. The molecule has 1 aromatic rings. The Morgan fingerprint density at radius 2 is 2.06 bits per heavy atom. The van der Waals surface area contributed by atoms with Gasteiger partial charge in [0.05, 0.1) is 28.5 Å². The topological polar surface area (TPSA) is 86.5 Å². The van der Waals surface area contributed by atoms with Crippen LogP contribution in [-0.2, 0) is 14.6 Å². The molecule has 2 rings (SSSR count). The van der Waals surface area contributed by atoms with Crippen LogP contribution >= 0.6 is 0 Å². The lowest BCUT2D eigenvalue weighted by Crippen LogP contribution is -2.11. The Hall–Kier alpha value is -1.56. The molecule has 0 unspecified atom stereocenters. The molecule has 92 valence electrons. The molecule has 5 nitrogen and oxygen atoms in total. The van der Waals surface area contributed by atoms with Gasteiger partial charge in [0.25, 0.3) is 0 Å². The molecule has 0 heterocycles. The molecular formula is C11H13NO4S. The van der Waals surface area contributed by atoms with E-state index in [0.717, 1.165) is 0 Å². The van der Waals surface area contributed by atoms with Gasteiger partial charge in [-0.3, -0.25) is 0 Å². The zero-order chi connectivity index (χ0) is 12.6. The summed E-state index contributed by atoms with van der Waals surface area (Å²) < 4.78 is 28.5. The van der Waals surface area contributed by atoms with Crippen molar-refractivity contribution in [2.45, 2.75) is 23.0 Å². The number of benzene rings is 1. The number of hydrogen-bond donors (Lipinski definition) is 1. The summed E-state index contributed by atoms with van der Waals surface area (Å²) in [5.74, 6) is -0.535. The van der Waals surface area contributed by atoms with Crippen molar-refractivity contribution >= 4 is 21.5 Å². The van der Waals surface area contributed by atoms with Gasteiger partial charge in [-0.05, 0) is 31.0 Å². The minimum absolute atomic E-state index is 0.0970. The molecule has 6 heteroatoms. The summed E-state index contributed by atoms with van der Waals surface area (Å²) in [6.45, 7) is 0. The molecule has 1 fully saturated rings. The van der Waals surface area contributed by atoms with Crippen molar-refractivity contribution in [3.8, 4) is 0 Å². The van der Waals surface area contributed by atoms with Gasteiger partial charge in [0.15, 0.2) is 9.84 Å². The molecule has 0 atom stereocenters. The molecule has 0 amide bonds. The average Bonchev–Trinajstić information content (AvgIpc) is 3.11. The fourth-order valence-electron chi connectivity index (χ4n) is 1.61. The van der Waals surface area contributed by atoms with Crippen LogP contribution in [0.15, 0.2) is 23.1 Å². The summed E-state index contributed by atoms with van der Waals surface area (Å²) in [6, 6.07) is 4.12. The Morgan fingerprint density at radius 1 is 1.41 bits per heavy atom. The molecule has 1 aliphatic rings. The number of sulfone groups is 1. The zero-order valence-electron chi connectivity index (χ0n) is 9.34. The fourth-order valence-corrected chi connectivity index (χ4v) is 3.37. The van der Waals surface area contributed by atoms with E-state index in [9.17, 15) is 13.2 Å². The van der Waals surface area contributed by atoms with Crippen molar-refractivity contribution in [1.29, 1.82) is 0 Å². The van der Waals surface area contributed by atoms with Crippen LogP contribution in [0.4, 0.5) is 5.69 Å². The highest BCUT2D eigenvalue weighted by Gasteiger charge is 2.38. The van der Waals surface area contributed by atoms with E-state index < -0.39 is 15.8 Å². The maximum absolute atomic E-state index is 12.0. The molecule has 0 aliphatic heterocycles. The van der Waals surface area contributed by atoms with E-state index in [1.54, 1.807) is 0 Å². The van der Waals surface area contributed by atoms with Gasteiger partial charge in [0.2, 0.25) is 0 Å². The predicted molar refractivity (Wildman–Crippen MR) is 62.4 cm³/mol. The molecule has 0 saturated heterocycles. The molecule has 1 saturated carbocycles. The number of methoxy groups -OCH3 is 1. The first kappa shape index (κ1) is 11.9. The second-order valence-corrected chi connectivity index (χ2v) is 6.19. The minimum Gasteiger partial charge on any atom is -0.465 e. The third-order valence-corrected chi connectivity index (χ3v) is 5.03. The summed E-state index contributed by atoms with van der Waals surface area (Å²) >= 11 is 0. The maximum atomic E-state index is 12.0. The summed E-state index contributed by atoms with van der Waals surface area (Å²) in [5, 5.41) is -0.311. The van der Waals surface area contributed by atoms with E-state index in [1.165, 1.54) is 25.3 Å². The molecule has 2 N–H and O–H groups in total. The Balaban J connectivity index is 2.42. The average molecular weight is 255 g/mol. The number of anilines is 1. The molecule has 0 bridgehead atoms. The van der Waals surface area contributed by atoms with Crippen molar-refractivity contribution in [3.63, 3.8) is 0 Å². The molecule has 0 aromatic heterocycles. The van der Waals surface area contributed by atoms with E-state index in [0.29, 0.717) is 12.8 Å². The van der Waals surface area contributed by atoms with E-state index >= 15 is 0 Å². The molecule has 0 radical (unpaired) electrons. The summed E-state index contributed by atoms with van der Waals surface area (Å²) in [4.78, 5) is 11.3. The summed E-state index contributed by atoms with van der Waals surface area (Å²) in [7, 11) is -2.07. The van der Waals surface area contributed by atoms with Crippen LogP contribution < -0.4 is 5.73 Å². The van der Waals surface area contributed by atoms with Crippen molar-refractivity contribution in [3.05, 3.63) is 23.8 Å². The van der Waals surface area contributed by atoms with Crippen LogP contribution in [0.3, 0.4) is 0 Å². The van der Waals surface area contributed by atoms with Gasteiger partial charge in [0, 0.05) is 0 Å². The van der Waals surface area contributed by atoms with Gasteiger partial charge < -0.3 is 10.5 Å². The van der Waals surface area contributed by atoms with Crippen molar-refractivity contribution in [2.75, 3.05) is 12.8 Å². The number of ether oxygens (including phenoxy) is 1. The highest BCUT2D eigenvalue weighted by molar-refractivity contribution is 7.92. The number of carbonyl (C=O) groups excluding carboxylic acids is 1. The normalized spacial score (nSPS) is 15.6. The van der Waals surface area contributed by atoms with Crippen LogP contribution in [0.25, 0.3) is 0 Å². The van der Waals surface area contributed by atoms with Gasteiger partial charge in [-0.2, -0.15) is 0 Å². The summed E-state index contributed by atoms with van der Waals surface area (Å²) in [5.41, 5.74) is 6.03. The van der Waals surface area contributed by atoms with Crippen LogP contribution in [0, 0.1) is 0 Å². The smallest absolute Gasteiger partial charge is 0.337 e. The van der Waals surface area contributed by atoms with E-state index in [2.05, 4.69) is 4.74 Å². The molecule has 1 aliphatic carbocycles. The summed E-state index contributed by atoms with van der Waals surface area (Å²) in [6.07, 6.45) is 1.36. The van der Waals surface area contributed by atoms with Crippen molar-refractivity contribution < 1.29 is 17.9 Å². The van der Waals surface area contributed by atoms with Gasteiger partial charge in [0.1, 0.15) is 0 Å². The Morgan fingerprint density at radius 3 is 2.53 bits per heavy atom. The second-order valence-electron chi connectivity index (χ2n) is 3.99. The molecular weight excluding hydrogens is 242 g/mol. The third-order valence-electron chi connectivity index (χ3n) is 2.70. The first-order chi connectivity index (χ1) is 7.96. The number of carbonyl (C=O) groups is 1. The molecule has 17 heavy (non-hydrogen) atoms. The first-order valence-electron chi connectivity index (χ1n) is 5.18. The quantitative estimate of drug-likeness (QED) is 0.643. The molecule has 1 aromatic carbocycles. The lowest BCUT2D eigenvalue weighted by molar-refractivity contribution is 0.0600. The monoisotopic (exact) mass is 255 g/mol. The largest absolute Gasteiger partial charge is 0.465 e. The Labute approximate surface area is 99.5 Å². The number of nitrogen functional groups attached to an aromatic ring is 1. The highest BCUT2D eigenvalue weighted by Crippen LogP contribution is 2.35. The number of rotatable bonds is 3. The minimum atomic E-state index is -3.32. The number of esters is 1. The first-order valence-corrected chi connectivity index (χ1v) is 6.73. The SMILES string of the molecule is COC(=O)c1ccc(S(=O)(=O)C2CC2)c(N)c1. The lowest BCUT2D eigenvalue weighted by atomic mass is 10.2. The van der Waals surface area contributed by atoms with E-state index in [1.807, 2.05) is 0 Å². The standard InChI is InChI=1S/C11H13NO4S/c1-16-11(13)7-2-5-10(9(12)6-7)17(14,15)8-3-4-8/h2,5-6,8H,3-4,12H2,1H3. The fraction of sp³-hybridized carbons (Fsp3) is 0.364. The number of nitrogens with two attached hydrogens (primary N) is 1. The van der Waals surface area contributed by atoms with Gasteiger partial charge in [-0.1, -0.05) is 0 Å². The maximum Gasteiger partial charge on any atom is 0.337 e. The highest BCUT2D eigenvalue weighted by atomic mass is 32.2. The number of hydrogen-bond acceptors (Lipinski definition) is 5. The van der Waals surface area contributed by atoms with E-state index in [-0.39, 0.29) is 21.4 Å². The predicted octanol–water partition coefficient (Wildman–Crippen LogP) is 0.992.